The molecular weight excluding hydrogens is 286 g/mol. The molecule has 1 saturated heterocycles. The number of carboxylic acid groups (broad SMARTS) is 1. The Bertz CT molecular complexity index is 542. The summed E-state index contributed by atoms with van der Waals surface area (Å²) in [5.41, 5.74) is 0.829. The molecule has 1 fully saturated rings. The van der Waals surface area contributed by atoms with E-state index in [9.17, 15) is 14.7 Å². The molecule has 1 heterocycles. The molecule has 0 aliphatic carbocycles. The predicted molar refractivity (Wildman–Crippen MR) is 80.0 cm³/mol. The normalized spacial score (nSPS) is 22.4. The second-order valence-electron chi connectivity index (χ2n) is 5.43. The fourth-order valence-electron chi connectivity index (χ4n) is 2.73. The van der Waals surface area contributed by atoms with E-state index in [1.807, 2.05) is 12.1 Å². The molecule has 0 saturated carbocycles. The van der Waals surface area contributed by atoms with Gasteiger partial charge in [0.05, 0.1) is 19.1 Å². The Morgan fingerprint density at radius 1 is 1.27 bits per heavy atom. The Labute approximate surface area is 129 Å². The van der Waals surface area contributed by atoms with Crippen LogP contribution in [0.1, 0.15) is 24.8 Å². The summed E-state index contributed by atoms with van der Waals surface area (Å²) < 4.78 is 10.3. The highest BCUT2D eigenvalue weighted by molar-refractivity contribution is 5.88. The van der Waals surface area contributed by atoms with Crippen LogP contribution >= 0.6 is 0 Å². The largest absolute Gasteiger partial charge is 0.497 e. The van der Waals surface area contributed by atoms with Crippen molar-refractivity contribution in [1.29, 1.82) is 0 Å². The van der Waals surface area contributed by atoms with Crippen molar-refractivity contribution in [2.45, 2.75) is 31.4 Å². The number of ether oxygens (including phenoxy) is 2. The third-order valence-electron chi connectivity index (χ3n) is 4.15. The predicted octanol–water partition coefficient (Wildman–Crippen LogP) is 1.50. The van der Waals surface area contributed by atoms with Gasteiger partial charge in [-0.1, -0.05) is 12.1 Å². The third kappa shape index (κ3) is 3.22. The highest BCUT2D eigenvalue weighted by Gasteiger charge is 2.41. The van der Waals surface area contributed by atoms with Crippen molar-refractivity contribution >= 4 is 11.9 Å². The lowest BCUT2D eigenvalue weighted by atomic mass is 9.99. The van der Waals surface area contributed by atoms with E-state index in [0.29, 0.717) is 18.7 Å². The van der Waals surface area contributed by atoms with Crippen molar-refractivity contribution in [2.75, 3.05) is 20.8 Å². The van der Waals surface area contributed by atoms with Crippen molar-refractivity contribution < 1.29 is 24.2 Å². The second kappa shape index (κ2) is 6.79. The first kappa shape index (κ1) is 16.3. The summed E-state index contributed by atoms with van der Waals surface area (Å²) in [6.45, 7) is 2.09. The van der Waals surface area contributed by atoms with Crippen LogP contribution in [0.15, 0.2) is 24.3 Å². The first-order valence-corrected chi connectivity index (χ1v) is 7.18. The molecule has 1 aliphatic heterocycles. The smallest absolute Gasteiger partial charge is 0.326 e. The highest BCUT2D eigenvalue weighted by Crippen LogP contribution is 2.27. The fraction of sp³-hybridized carbons (Fsp3) is 0.500. The Morgan fingerprint density at radius 3 is 2.41 bits per heavy atom. The van der Waals surface area contributed by atoms with Crippen LogP contribution in [0, 0.1) is 0 Å². The lowest BCUT2D eigenvalue weighted by Crippen LogP contribution is -2.42. The highest BCUT2D eigenvalue weighted by atomic mass is 16.5. The standard InChI is InChI=1S/C16H21NO5/c1-10(11-4-6-12(21-2)7-5-11)15(18)17-9-13(22-3)8-14(17)16(19)20/h4-7,10,13-14H,8-9H2,1-3H3,(H,19,20). The molecule has 1 aromatic rings. The lowest BCUT2D eigenvalue weighted by molar-refractivity contribution is -0.148. The van der Waals surface area contributed by atoms with Gasteiger partial charge in [0.25, 0.3) is 0 Å². The summed E-state index contributed by atoms with van der Waals surface area (Å²) in [6.07, 6.45) is 0.0977. The molecule has 1 amide bonds. The van der Waals surface area contributed by atoms with Gasteiger partial charge in [-0.05, 0) is 24.6 Å². The van der Waals surface area contributed by atoms with E-state index >= 15 is 0 Å². The Balaban J connectivity index is 2.15. The minimum Gasteiger partial charge on any atom is -0.497 e. The summed E-state index contributed by atoms with van der Waals surface area (Å²) in [5.74, 6) is -0.886. The molecule has 6 heteroatoms. The maximum absolute atomic E-state index is 12.7. The molecule has 3 unspecified atom stereocenters. The molecule has 3 atom stereocenters. The molecule has 22 heavy (non-hydrogen) atoms. The van der Waals surface area contributed by atoms with Crippen molar-refractivity contribution in [1.82, 2.24) is 4.90 Å². The van der Waals surface area contributed by atoms with Gasteiger partial charge in [0.1, 0.15) is 11.8 Å². The van der Waals surface area contributed by atoms with Crippen LogP contribution < -0.4 is 4.74 Å². The molecule has 0 spiro atoms. The zero-order valence-corrected chi connectivity index (χ0v) is 13.0. The summed E-state index contributed by atoms with van der Waals surface area (Å²) >= 11 is 0. The molecule has 120 valence electrons. The van der Waals surface area contributed by atoms with E-state index < -0.39 is 17.9 Å². The first-order valence-electron chi connectivity index (χ1n) is 7.18. The SMILES string of the molecule is COc1ccc(C(C)C(=O)N2CC(OC)CC2C(=O)O)cc1. The number of carbonyl (C=O) groups excluding carboxylic acids is 1. The van der Waals surface area contributed by atoms with Crippen molar-refractivity contribution in [3.05, 3.63) is 29.8 Å². The Kier molecular flexibility index (Phi) is 5.03. The van der Waals surface area contributed by atoms with Crippen LogP contribution in [0.2, 0.25) is 0 Å². The molecule has 0 aromatic heterocycles. The number of methoxy groups -OCH3 is 2. The zero-order chi connectivity index (χ0) is 16.3. The van der Waals surface area contributed by atoms with Gasteiger partial charge in [-0.25, -0.2) is 4.79 Å². The van der Waals surface area contributed by atoms with Gasteiger partial charge in [0, 0.05) is 20.1 Å². The summed E-state index contributed by atoms with van der Waals surface area (Å²) in [6, 6.07) is 6.39. The second-order valence-corrected chi connectivity index (χ2v) is 5.43. The molecule has 1 aromatic carbocycles. The maximum atomic E-state index is 12.7. The lowest BCUT2D eigenvalue weighted by Gasteiger charge is -2.25. The number of likely N-dealkylation sites (tertiary alicyclic amines) is 1. The number of hydrogen-bond acceptors (Lipinski definition) is 4. The van der Waals surface area contributed by atoms with Gasteiger partial charge in [0.2, 0.25) is 5.91 Å². The molecule has 0 bridgehead atoms. The van der Waals surface area contributed by atoms with Gasteiger partial charge in [-0.2, -0.15) is 0 Å². The average Bonchev–Trinajstić information content (AvgIpc) is 2.98. The minimum atomic E-state index is -0.991. The van der Waals surface area contributed by atoms with Crippen LogP contribution in [0.5, 0.6) is 5.75 Å². The molecule has 1 aliphatic rings. The van der Waals surface area contributed by atoms with Crippen LogP contribution in [0.4, 0.5) is 0 Å². The molecular formula is C16H21NO5. The molecule has 2 rings (SSSR count). The van der Waals surface area contributed by atoms with Crippen molar-refractivity contribution in [3.63, 3.8) is 0 Å². The van der Waals surface area contributed by atoms with Crippen molar-refractivity contribution in [2.24, 2.45) is 0 Å². The first-order chi connectivity index (χ1) is 10.5. The van der Waals surface area contributed by atoms with E-state index in [1.165, 1.54) is 12.0 Å². The number of carboxylic acids is 1. The maximum Gasteiger partial charge on any atom is 0.326 e. The molecule has 6 nitrogen and oxygen atoms in total. The summed E-state index contributed by atoms with van der Waals surface area (Å²) in [4.78, 5) is 25.4. The minimum absolute atomic E-state index is 0.197. The number of aliphatic carboxylic acids is 1. The Hall–Kier alpha value is -2.08. The van der Waals surface area contributed by atoms with Crippen LogP contribution in [0.3, 0.4) is 0 Å². The number of carbonyl (C=O) groups is 2. The Morgan fingerprint density at radius 2 is 1.91 bits per heavy atom. The number of rotatable bonds is 5. The number of amides is 1. The van der Waals surface area contributed by atoms with E-state index in [0.717, 1.165) is 5.56 Å². The fourth-order valence-corrected chi connectivity index (χ4v) is 2.73. The molecule has 1 N–H and O–H groups in total. The van der Waals surface area contributed by atoms with Crippen molar-refractivity contribution in [3.8, 4) is 5.75 Å². The van der Waals surface area contributed by atoms with Gasteiger partial charge < -0.3 is 19.5 Å². The van der Waals surface area contributed by atoms with Crippen LogP contribution in [0.25, 0.3) is 0 Å². The quantitative estimate of drug-likeness (QED) is 0.892. The van der Waals surface area contributed by atoms with Crippen LogP contribution in [-0.2, 0) is 14.3 Å². The number of nitrogens with zero attached hydrogens (tertiary/aromatic N) is 1. The zero-order valence-electron chi connectivity index (χ0n) is 13.0. The monoisotopic (exact) mass is 307 g/mol. The topological polar surface area (TPSA) is 76.1 Å². The van der Waals surface area contributed by atoms with Gasteiger partial charge in [-0.15, -0.1) is 0 Å². The van der Waals surface area contributed by atoms with E-state index in [2.05, 4.69) is 0 Å². The van der Waals surface area contributed by atoms with E-state index in [4.69, 9.17) is 9.47 Å². The van der Waals surface area contributed by atoms with E-state index in [-0.39, 0.29) is 12.0 Å². The van der Waals surface area contributed by atoms with E-state index in [1.54, 1.807) is 26.2 Å². The molecule has 0 radical (unpaired) electrons. The number of benzene rings is 1. The summed E-state index contributed by atoms with van der Waals surface area (Å²) in [7, 11) is 3.11. The van der Waals surface area contributed by atoms with Gasteiger partial charge in [-0.3, -0.25) is 4.79 Å². The summed E-state index contributed by atoms with van der Waals surface area (Å²) in [5, 5.41) is 9.30. The third-order valence-corrected chi connectivity index (χ3v) is 4.15. The van der Waals surface area contributed by atoms with Gasteiger partial charge >= 0.3 is 5.97 Å². The average molecular weight is 307 g/mol. The van der Waals surface area contributed by atoms with Gasteiger partial charge in [0.15, 0.2) is 0 Å². The number of hydrogen-bond donors (Lipinski definition) is 1. The van der Waals surface area contributed by atoms with Crippen LogP contribution in [-0.4, -0.2) is 54.8 Å².